The number of carboxylic acid groups (broad SMARTS) is 1. The number of benzene rings is 1. The summed E-state index contributed by atoms with van der Waals surface area (Å²) in [6.45, 7) is 2.05. The summed E-state index contributed by atoms with van der Waals surface area (Å²) in [6.07, 6.45) is 2.50. The van der Waals surface area contributed by atoms with Gasteiger partial charge in [0.1, 0.15) is 5.69 Å². The van der Waals surface area contributed by atoms with Gasteiger partial charge in [0.15, 0.2) is 5.76 Å². The fourth-order valence-electron chi connectivity index (χ4n) is 1.87. The van der Waals surface area contributed by atoms with Gasteiger partial charge in [0.05, 0.1) is 5.97 Å². The summed E-state index contributed by atoms with van der Waals surface area (Å²) in [6, 6.07) is 9.38. The molecule has 1 heterocycles. The van der Waals surface area contributed by atoms with Gasteiger partial charge in [0.25, 0.3) is 0 Å². The maximum absolute atomic E-state index is 11.0. The van der Waals surface area contributed by atoms with Gasteiger partial charge in [-0.3, -0.25) is 0 Å². The minimum atomic E-state index is -1.29. The van der Waals surface area contributed by atoms with E-state index in [-0.39, 0.29) is 24.6 Å². The number of hydrogen-bond acceptors (Lipinski definition) is 4. The smallest absolute Gasteiger partial charge is 0.543 e. The van der Waals surface area contributed by atoms with Crippen molar-refractivity contribution >= 4 is 5.97 Å². The van der Waals surface area contributed by atoms with Gasteiger partial charge < -0.3 is 14.4 Å². The first-order valence-electron chi connectivity index (χ1n) is 5.99. The van der Waals surface area contributed by atoms with Crippen molar-refractivity contribution in [1.82, 2.24) is 5.16 Å². The van der Waals surface area contributed by atoms with Crippen molar-refractivity contribution in [2.45, 2.75) is 26.2 Å². The molecule has 0 aliphatic carbocycles. The van der Waals surface area contributed by atoms with E-state index in [1.807, 2.05) is 37.3 Å². The van der Waals surface area contributed by atoms with E-state index < -0.39 is 5.97 Å². The quantitative estimate of drug-likeness (QED) is 0.643. The van der Waals surface area contributed by atoms with Gasteiger partial charge in [0.2, 0.25) is 0 Å². The van der Waals surface area contributed by atoms with Gasteiger partial charge in [-0.25, -0.2) is 0 Å². The van der Waals surface area contributed by atoms with E-state index in [9.17, 15) is 9.90 Å². The van der Waals surface area contributed by atoms with Crippen molar-refractivity contribution in [3.05, 3.63) is 41.6 Å². The number of carbonyl (C=O) groups excluding carboxylic acids is 1. The van der Waals surface area contributed by atoms with Crippen LogP contribution in [0.1, 0.15) is 35.8 Å². The van der Waals surface area contributed by atoms with Crippen molar-refractivity contribution in [3.63, 3.8) is 0 Å². The molecule has 0 amide bonds. The van der Waals surface area contributed by atoms with E-state index in [0.29, 0.717) is 17.7 Å². The summed E-state index contributed by atoms with van der Waals surface area (Å²) in [5, 5.41) is 14.6. The van der Waals surface area contributed by atoms with Crippen LogP contribution in [0.15, 0.2) is 34.9 Å². The maximum atomic E-state index is 11.0. The number of aromatic nitrogens is 1. The largest absolute Gasteiger partial charge is 1.00 e. The summed E-state index contributed by atoms with van der Waals surface area (Å²) in [5.41, 5.74) is 1.38. The van der Waals surface area contributed by atoms with Crippen LogP contribution < -0.4 is 24.0 Å². The summed E-state index contributed by atoms with van der Waals surface area (Å²) < 4.78 is 5.17. The van der Waals surface area contributed by atoms with Crippen LogP contribution in [-0.4, -0.2) is 11.1 Å². The van der Waals surface area contributed by atoms with Gasteiger partial charge in [-0.15, -0.1) is 0 Å². The first-order valence-corrected chi connectivity index (χ1v) is 5.99. The van der Waals surface area contributed by atoms with Crippen LogP contribution in [0.2, 0.25) is 0 Å². The number of aromatic carboxylic acids is 1. The molecule has 0 aliphatic rings. The minimum absolute atomic E-state index is 0. The van der Waals surface area contributed by atoms with E-state index in [1.165, 1.54) is 0 Å². The molecule has 4 nitrogen and oxygen atoms in total. The molecule has 0 saturated carbocycles. The first-order chi connectivity index (χ1) is 8.74. The predicted molar refractivity (Wildman–Crippen MR) is 64.9 cm³/mol. The standard InChI is InChI=1S/C14H15NO3.Li/c1-2-3-9-11-12(14(16)17)15-18-13(11)10-7-5-4-6-8-10;/h4-8H,2-3,9H2,1H3,(H,16,17);/q;+1/p-1. The Balaban J connectivity index is 0.00000180. The van der Waals surface area contributed by atoms with Crippen molar-refractivity contribution in [1.29, 1.82) is 0 Å². The van der Waals surface area contributed by atoms with Crippen molar-refractivity contribution in [2.75, 3.05) is 0 Å². The molecule has 2 rings (SSSR count). The molecule has 0 fully saturated rings. The monoisotopic (exact) mass is 251 g/mol. The van der Waals surface area contributed by atoms with Crippen LogP contribution in [0.25, 0.3) is 11.3 Å². The Hall–Kier alpha value is -1.50. The number of rotatable bonds is 5. The molecule has 0 saturated heterocycles. The van der Waals surface area contributed by atoms with E-state index in [0.717, 1.165) is 18.4 Å². The van der Waals surface area contributed by atoms with Gasteiger partial charge in [0, 0.05) is 11.1 Å². The fraction of sp³-hybridized carbons (Fsp3) is 0.286. The van der Waals surface area contributed by atoms with Gasteiger partial charge in [-0.1, -0.05) is 48.8 Å². The molecule has 5 heteroatoms. The Labute approximate surface area is 124 Å². The summed E-state index contributed by atoms with van der Waals surface area (Å²) in [7, 11) is 0. The minimum Gasteiger partial charge on any atom is -0.543 e. The molecule has 0 radical (unpaired) electrons. The molecule has 19 heavy (non-hydrogen) atoms. The number of carbonyl (C=O) groups is 1. The summed E-state index contributed by atoms with van der Waals surface area (Å²) >= 11 is 0. The Morgan fingerprint density at radius 1 is 1.32 bits per heavy atom. The molecule has 0 bridgehead atoms. The molecule has 0 unspecified atom stereocenters. The normalized spacial score (nSPS) is 9.95. The molecule has 0 atom stereocenters. The zero-order chi connectivity index (χ0) is 13.0. The number of carboxylic acids is 1. The second-order valence-corrected chi connectivity index (χ2v) is 4.10. The van der Waals surface area contributed by atoms with E-state index in [4.69, 9.17) is 4.52 Å². The topological polar surface area (TPSA) is 66.2 Å². The second-order valence-electron chi connectivity index (χ2n) is 4.10. The first kappa shape index (κ1) is 15.6. The third-order valence-electron chi connectivity index (χ3n) is 2.80. The zero-order valence-corrected chi connectivity index (χ0v) is 11.2. The molecule has 0 spiro atoms. The third-order valence-corrected chi connectivity index (χ3v) is 2.80. The Morgan fingerprint density at radius 3 is 2.58 bits per heavy atom. The maximum Gasteiger partial charge on any atom is 1.00 e. The Bertz CT molecular complexity index is 537. The Kier molecular flexibility index (Phi) is 5.87. The molecular formula is C14H14LiNO3. The van der Waals surface area contributed by atoms with Crippen LogP contribution in [0.5, 0.6) is 0 Å². The van der Waals surface area contributed by atoms with Gasteiger partial charge >= 0.3 is 18.9 Å². The number of hydrogen-bond donors (Lipinski definition) is 0. The van der Waals surface area contributed by atoms with Crippen LogP contribution in [0.4, 0.5) is 0 Å². The van der Waals surface area contributed by atoms with E-state index >= 15 is 0 Å². The van der Waals surface area contributed by atoms with E-state index in [1.54, 1.807) is 0 Å². The van der Waals surface area contributed by atoms with Crippen molar-refractivity contribution in [3.8, 4) is 11.3 Å². The average Bonchev–Trinajstić information content (AvgIpc) is 2.81. The van der Waals surface area contributed by atoms with Crippen LogP contribution >= 0.6 is 0 Å². The molecule has 0 N–H and O–H groups in total. The van der Waals surface area contributed by atoms with Crippen LogP contribution in [-0.2, 0) is 6.42 Å². The molecule has 94 valence electrons. The zero-order valence-electron chi connectivity index (χ0n) is 11.2. The SMILES string of the molecule is CCCCc1c(C(=O)[O-])noc1-c1ccccc1.[Li+]. The van der Waals surface area contributed by atoms with E-state index in [2.05, 4.69) is 5.16 Å². The fourth-order valence-corrected chi connectivity index (χ4v) is 1.87. The number of unbranched alkanes of at least 4 members (excludes halogenated alkanes) is 1. The predicted octanol–water partition coefficient (Wildman–Crippen LogP) is -0.948. The summed E-state index contributed by atoms with van der Waals surface area (Å²) in [4.78, 5) is 11.0. The molecule has 1 aromatic carbocycles. The van der Waals surface area contributed by atoms with Crippen LogP contribution in [0.3, 0.4) is 0 Å². The van der Waals surface area contributed by atoms with Crippen molar-refractivity contribution in [2.24, 2.45) is 0 Å². The molecule has 0 aliphatic heterocycles. The van der Waals surface area contributed by atoms with Gasteiger partial charge in [-0.2, -0.15) is 0 Å². The summed E-state index contributed by atoms with van der Waals surface area (Å²) in [5.74, 6) is -0.754. The number of nitrogens with zero attached hydrogens (tertiary/aromatic N) is 1. The average molecular weight is 251 g/mol. The molecule has 1 aromatic heterocycles. The third kappa shape index (κ3) is 3.49. The second kappa shape index (κ2) is 7.18. The van der Waals surface area contributed by atoms with Gasteiger partial charge in [-0.05, 0) is 12.8 Å². The molecule has 2 aromatic rings. The molecular weight excluding hydrogens is 237 g/mol. The van der Waals surface area contributed by atoms with Crippen molar-refractivity contribution < 1.29 is 33.3 Å². The Morgan fingerprint density at radius 2 is 2.00 bits per heavy atom. The van der Waals surface area contributed by atoms with Crippen LogP contribution in [0, 0.1) is 0 Å².